The number of rotatable bonds is 5. The number of carbonyl (C=O) groups is 3. The van der Waals surface area contributed by atoms with Crippen molar-refractivity contribution in [2.24, 2.45) is 0 Å². The molecule has 1 aliphatic rings. The fourth-order valence-electron chi connectivity index (χ4n) is 2.01. The van der Waals surface area contributed by atoms with Gasteiger partial charge in [-0.3, -0.25) is 9.59 Å². The summed E-state index contributed by atoms with van der Waals surface area (Å²) in [5, 5.41) is 2.98. The number of methoxy groups -OCH3 is 1. The number of anilines is 1. The zero-order chi connectivity index (χ0) is 17.0. The van der Waals surface area contributed by atoms with Gasteiger partial charge in [-0.1, -0.05) is 11.6 Å². The van der Waals surface area contributed by atoms with Crippen LogP contribution >= 0.6 is 11.6 Å². The molecule has 1 aromatic carbocycles. The minimum Gasteiger partial charge on any atom is -0.466 e. The number of carbonyl (C=O) groups excluding carboxylic acids is 3. The Kier molecular flexibility index (Phi) is 5.39. The second-order valence-electron chi connectivity index (χ2n) is 5.18. The molecule has 0 radical (unpaired) electrons. The molecule has 23 heavy (non-hydrogen) atoms. The second-order valence-corrected chi connectivity index (χ2v) is 5.62. The van der Waals surface area contributed by atoms with Crippen molar-refractivity contribution in [2.45, 2.75) is 18.9 Å². The summed E-state index contributed by atoms with van der Waals surface area (Å²) < 4.78 is 4.41. The average Bonchev–Trinajstić information content (AvgIpc) is 3.37. The van der Waals surface area contributed by atoms with Crippen LogP contribution in [0.4, 0.5) is 5.69 Å². The van der Waals surface area contributed by atoms with Gasteiger partial charge in [0, 0.05) is 30.3 Å². The lowest BCUT2D eigenvalue weighted by Crippen LogP contribution is -2.29. The maximum absolute atomic E-state index is 12.5. The Morgan fingerprint density at radius 2 is 2.00 bits per heavy atom. The summed E-state index contributed by atoms with van der Waals surface area (Å²) in [5.74, 6) is -1.39. The number of benzene rings is 1. The number of hydrogen-bond donors (Lipinski definition) is 1. The zero-order valence-corrected chi connectivity index (χ0v) is 13.6. The average molecular weight is 337 g/mol. The Bertz CT molecular complexity index is 668. The summed E-state index contributed by atoms with van der Waals surface area (Å²) in [7, 11) is 2.94. The van der Waals surface area contributed by atoms with E-state index in [0.29, 0.717) is 16.3 Å². The summed E-state index contributed by atoms with van der Waals surface area (Å²) in [5.41, 5.74) is 0.651. The maximum Gasteiger partial charge on any atom is 0.330 e. The van der Waals surface area contributed by atoms with Crippen LogP contribution in [0.5, 0.6) is 0 Å². The van der Waals surface area contributed by atoms with Crippen LogP contribution < -0.4 is 5.32 Å². The van der Waals surface area contributed by atoms with Crippen molar-refractivity contribution in [3.8, 4) is 0 Å². The lowest BCUT2D eigenvalue weighted by Gasteiger charge is -2.18. The number of ether oxygens (including phenoxy) is 1. The third-order valence-corrected chi connectivity index (χ3v) is 3.69. The van der Waals surface area contributed by atoms with E-state index in [-0.39, 0.29) is 11.9 Å². The molecular formula is C16H17ClN2O4. The molecule has 1 aliphatic carbocycles. The first-order valence-corrected chi connectivity index (χ1v) is 7.44. The third-order valence-electron chi connectivity index (χ3n) is 3.46. The van der Waals surface area contributed by atoms with E-state index in [9.17, 15) is 14.4 Å². The zero-order valence-electron chi connectivity index (χ0n) is 12.8. The lowest BCUT2D eigenvalue weighted by atomic mass is 10.1. The number of hydrogen-bond acceptors (Lipinski definition) is 4. The lowest BCUT2D eigenvalue weighted by molar-refractivity contribution is -0.135. The highest BCUT2D eigenvalue weighted by atomic mass is 35.5. The van der Waals surface area contributed by atoms with Crippen molar-refractivity contribution in [1.29, 1.82) is 0 Å². The fourth-order valence-corrected chi connectivity index (χ4v) is 2.18. The van der Waals surface area contributed by atoms with Gasteiger partial charge in [0.1, 0.15) is 0 Å². The van der Waals surface area contributed by atoms with Crippen LogP contribution in [0.15, 0.2) is 30.4 Å². The fraction of sp³-hybridized carbons (Fsp3) is 0.312. The van der Waals surface area contributed by atoms with E-state index in [4.69, 9.17) is 11.6 Å². The highest BCUT2D eigenvalue weighted by molar-refractivity contribution is 6.31. The Balaban J connectivity index is 2.18. The van der Waals surface area contributed by atoms with Crippen LogP contribution in [0.3, 0.4) is 0 Å². The predicted octanol–water partition coefficient (Wildman–Crippen LogP) is 2.24. The Hall–Kier alpha value is -2.34. The Labute approximate surface area is 139 Å². The molecular weight excluding hydrogens is 320 g/mol. The first-order valence-electron chi connectivity index (χ1n) is 7.06. The second kappa shape index (κ2) is 7.28. The minimum absolute atomic E-state index is 0.206. The van der Waals surface area contributed by atoms with E-state index in [1.165, 1.54) is 13.2 Å². The first-order chi connectivity index (χ1) is 10.9. The van der Waals surface area contributed by atoms with E-state index in [1.807, 2.05) is 0 Å². The molecule has 0 aliphatic heterocycles. The molecule has 0 unspecified atom stereocenters. The van der Waals surface area contributed by atoms with Crippen LogP contribution in [-0.2, 0) is 14.3 Å². The number of nitrogens with one attached hydrogen (secondary N) is 1. The smallest absolute Gasteiger partial charge is 0.330 e. The number of halogens is 1. The quantitative estimate of drug-likeness (QED) is 0.661. The maximum atomic E-state index is 12.5. The molecule has 0 aromatic heterocycles. The van der Waals surface area contributed by atoms with Gasteiger partial charge in [-0.05, 0) is 31.0 Å². The minimum atomic E-state index is -0.638. The molecule has 1 saturated carbocycles. The number of esters is 1. The molecule has 1 fully saturated rings. The van der Waals surface area contributed by atoms with Gasteiger partial charge in [0.25, 0.3) is 5.91 Å². The van der Waals surface area contributed by atoms with Crippen LogP contribution in [0, 0.1) is 0 Å². The first kappa shape index (κ1) is 17.0. The van der Waals surface area contributed by atoms with Crippen molar-refractivity contribution >= 4 is 35.1 Å². The van der Waals surface area contributed by atoms with Crippen molar-refractivity contribution in [2.75, 3.05) is 19.5 Å². The summed E-state index contributed by atoms with van der Waals surface area (Å²) >= 11 is 5.96. The summed E-state index contributed by atoms with van der Waals surface area (Å²) in [6, 6.07) is 4.89. The highest BCUT2D eigenvalue weighted by Gasteiger charge is 2.31. The van der Waals surface area contributed by atoms with Gasteiger partial charge in [0.05, 0.1) is 18.4 Å². The van der Waals surface area contributed by atoms with E-state index in [0.717, 1.165) is 25.0 Å². The van der Waals surface area contributed by atoms with E-state index in [2.05, 4.69) is 10.1 Å². The van der Waals surface area contributed by atoms with Crippen LogP contribution in [0.25, 0.3) is 0 Å². The Morgan fingerprint density at radius 3 is 2.61 bits per heavy atom. The van der Waals surface area contributed by atoms with Crippen molar-refractivity contribution in [3.05, 3.63) is 40.9 Å². The van der Waals surface area contributed by atoms with E-state index < -0.39 is 11.9 Å². The molecule has 1 aromatic rings. The number of amides is 2. The van der Waals surface area contributed by atoms with Crippen LogP contribution in [0.2, 0.25) is 5.02 Å². The summed E-state index contributed by atoms with van der Waals surface area (Å²) in [6.07, 6.45) is 4.00. The van der Waals surface area contributed by atoms with Crippen LogP contribution in [0.1, 0.15) is 23.2 Å². The van der Waals surface area contributed by atoms with Gasteiger partial charge in [-0.2, -0.15) is 0 Å². The summed E-state index contributed by atoms with van der Waals surface area (Å²) in [6.45, 7) is 0. The largest absolute Gasteiger partial charge is 0.466 e. The molecule has 0 atom stereocenters. The van der Waals surface area contributed by atoms with Crippen LogP contribution in [-0.4, -0.2) is 42.9 Å². The molecule has 0 spiro atoms. The van der Waals surface area contributed by atoms with Gasteiger partial charge < -0.3 is 15.0 Å². The standard InChI is InChI=1S/C16H17ClN2O4/c1-19(11-4-5-11)16(22)12-9-10(17)3-6-13(12)18-14(20)7-8-15(21)23-2/h3,6-9,11H,4-5H2,1-2H3,(H,18,20)/b8-7-. The van der Waals surface area contributed by atoms with Crippen molar-refractivity contribution in [3.63, 3.8) is 0 Å². The molecule has 2 amide bonds. The molecule has 1 N–H and O–H groups in total. The number of nitrogens with zero attached hydrogens (tertiary/aromatic N) is 1. The van der Waals surface area contributed by atoms with Crippen molar-refractivity contribution in [1.82, 2.24) is 4.90 Å². The van der Waals surface area contributed by atoms with Gasteiger partial charge in [0.15, 0.2) is 0 Å². The topological polar surface area (TPSA) is 75.7 Å². The molecule has 0 saturated heterocycles. The van der Waals surface area contributed by atoms with E-state index >= 15 is 0 Å². The molecule has 2 rings (SSSR count). The van der Waals surface area contributed by atoms with Gasteiger partial charge >= 0.3 is 5.97 Å². The normalized spacial score (nSPS) is 13.7. The SMILES string of the molecule is COC(=O)/C=C\C(=O)Nc1ccc(Cl)cc1C(=O)N(C)C1CC1. The molecule has 0 bridgehead atoms. The third kappa shape index (κ3) is 4.56. The highest BCUT2D eigenvalue weighted by Crippen LogP contribution is 2.29. The molecule has 7 heteroatoms. The monoisotopic (exact) mass is 336 g/mol. The Morgan fingerprint density at radius 1 is 1.30 bits per heavy atom. The van der Waals surface area contributed by atoms with Gasteiger partial charge in [0.2, 0.25) is 5.91 Å². The van der Waals surface area contributed by atoms with Gasteiger partial charge in [-0.25, -0.2) is 4.79 Å². The molecule has 6 nitrogen and oxygen atoms in total. The molecule has 122 valence electrons. The summed E-state index contributed by atoms with van der Waals surface area (Å²) in [4.78, 5) is 37.0. The van der Waals surface area contributed by atoms with E-state index in [1.54, 1.807) is 24.1 Å². The van der Waals surface area contributed by atoms with Gasteiger partial charge in [-0.15, -0.1) is 0 Å². The molecule has 0 heterocycles. The predicted molar refractivity (Wildman–Crippen MR) is 86.4 cm³/mol. The van der Waals surface area contributed by atoms with Crippen molar-refractivity contribution < 1.29 is 19.1 Å².